The Morgan fingerprint density at radius 2 is 1.00 bits per heavy atom. The van der Waals surface area contributed by atoms with Crippen molar-refractivity contribution in [2.45, 2.75) is 6.92 Å². The largest absolute Gasteiger partial charge is 0.542 e. The van der Waals surface area contributed by atoms with E-state index in [1.807, 2.05) is 0 Å². The van der Waals surface area contributed by atoms with Gasteiger partial charge in [0, 0.05) is 67.1 Å². The van der Waals surface area contributed by atoms with Gasteiger partial charge in [0.15, 0.2) is 0 Å². The smallest absolute Gasteiger partial charge is 0 e. The van der Waals surface area contributed by atoms with Crippen molar-refractivity contribution in [3.8, 4) is 0 Å². The fourth-order valence-corrected chi connectivity index (χ4v) is 0. The van der Waals surface area contributed by atoms with Gasteiger partial charge in [-0.15, -0.1) is 0 Å². The topological polar surface area (TPSA) is 17.1 Å². The third kappa shape index (κ3) is 86.8. The summed E-state index contributed by atoms with van der Waals surface area (Å²) in [7, 11) is 0. The molecule has 0 N–H and O–H groups in total. The number of carbonyl (C=O) groups excluding carboxylic acids is 1. The van der Waals surface area contributed by atoms with Crippen molar-refractivity contribution < 1.29 is 71.9 Å². The molecule has 4 radical (unpaired) electrons. The molecule has 0 aromatic carbocycles. The molecule has 0 saturated carbocycles. The van der Waals surface area contributed by atoms with Crippen molar-refractivity contribution in [2.24, 2.45) is 0 Å². The minimum Gasteiger partial charge on any atom is -0.542 e. The summed E-state index contributed by atoms with van der Waals surface area (Å²) in [4.78, 5) is 8.68. The monoisotopic (exact) mass is 279 g/mol. The van der Waals surface area contributed by atoms with Crippen molar-refractivity contribution in [3.05, 3.63) is 0 Å². The Morgan fingerprint density at radius 1 is 1.00 bits per heavy atom. The average molecular weight is 279 g/mol. The summed E-state index contributed by atoms with van der Waals surface area (Å²) in [6, 6.07) is 0. The molecule has 7 heavy (non-hydrogen) atoms. The van der Waals surface area contributed by atoms with E-state index in [1.54, 1.807) is 0 Å². The van der Waals surface area contributed by atoms with Gasteiger partial charge in [0.1, 0.15) is 0 Å². The molecule has 0 aliphatic rings. The zero-order chi connectivity index (χ0) is 2.71. The molecular formula is C2H3Co4O-. The summed E-state index contributed by atoms with van der Waals surface area (Å²) in [6.07, 6.45) is 1.50. The molecule has 0 saturated heterocycles. The predicted octanol–water partition coefficient (Wildman–Crippen LogP) is 0.106. The molecule has 0 spiro atoms. The van der Waals surface area contributed by atoms with Crippen LogP contribution in [0.1, 0.15) is 6.92 Å². The minimum absolute atomic E-state index is 0. The first-order valence-electron chi connectivity index (χ1n) is 0.704. The molecule has 0 rings (SSSR count). The van der Waals surface area contributed by atoms with E-state index < -0.39 is 0 Å². The Balaban J connectivity index is -0.00000000333. The Bertz CT molecular complexity index is 17.2. The van der Waals surface area contributed by atoms with Gasteiger partial charge in [-0.3, -0.25) is 6.29 Å². The van der Waals surface area contributed by atoms with E-state index in [4.69, 9.17) is 4.79 Å². The van der Waals surface area contributed by atoms with Crippen LogP contribution in [0.15, 0.2) is 0 Å². The zero-order valence-electron chi connectivity index (χ0n) is 3.24. The zero-order valence-corrected chi connectivity index (χ0v) is 7.41. The van der Waals surface area contributed by atoms with Crippen LogP contribution in [-0.2, 0) is 71.9 Å². The van der Waals surface area contributed by atoms with E-state index in [0.29, 0.717) is 0 Å². The fraction of sp³-hybridized carbons (Fsp3) is 0.500. The van der Waals surface area contributed by atoms with Gasteiger partial charge in [-0.05, 0) is 0 Å². The molecular weight excluding hydrogens is 276 g/mol. The van der Waals surface area contributed by atoms with E-state index in [9.17, 15) is 0 Å². The maximum atomic E-state index is 8.68. The molecule has 0 bridgehead atoms. The standard InChI is InChI=1S/C2H3O.4Co/c1-2-3;;;;/h1H3;;;;/q-1;;;;. The third-order valence-electron chi connectivity index (χ3n) is 0. The van der Waals surface area contributed by atoms with Gasteiger partial charge in [-0.1, -0.05) is 0 Å². The Morgan fingerprint density at radius 3 is 1.00 bits per heavy atom. The second-order valence-electron chi connectivity index (χ2n) is 0.204. The first-order chi connectivity index (χ1) is 1.41. The molecule has 0 aliphatic carbocycles. The van der Waals surface area contributed by atoms with Crippen LogP contribution in [0, 0.1) is 0 Å². The van der Waals surface area contributed by atoms with Crippen LogP contribution in [0.3, 0.4) is 0 Å². The summed E-state index contributed by atoms with van der Waals surface area (Å²) in [5, 5.41) is 0. The van der Waals surface area contributed by atoms with Gasteiger partial charge >= 0.3 is 0 Å². The molecule has 54 valence electrons. The SMILES string of the molecule is C[C-]=O.[Co].[Co].[Co].[Co]. The van der Waals surface area contributed by atoms with Crippen molar-refractivity contribution in [3.63, 3.8) is 0 Å². The first-order valence-corrected chi connectivity index (χ1v) is 0.704. The second-order valence-corrected chi connectivity index (χ2v) is 0.204. The number of hydrogen-bond acceptors (Lipinski definition) is 1. The molecule has 0 aliphatic heterocycles. The van der Waals surface area contributed by atoms with Gasteiger partial charge < -0.3 is 4.79 Å². The maximum absolute atomic E-state index is 8.68. The Labute approximate surface area is 84.5 Å². The van der Waals surface area contributed by atoms with E-state index >= 15 is 0 Å². The van der Waals surface area contributed by atoms with Crippen molar-refractivity contribution in [1.29, 1.82) is 0 Å². The van der Waals surface area contributed by atoms with Crippen molar-refractivity contribution in [2.75, 3.05) is 0 Å². The Hall–Kier alpha value is 1.70. The summed E-state index contributed by atoms with van der Waals surface area (Å²) >= 11 is 0. The van der Waals surface area contributed by atoms with E-state index in [2.05, 4.69) is 0 Å². The fourth-order valence-electron chi connectivity index (χ4n) is 0. The predicted molar refractivity (Wildman–Crippen MR) is 11.4 cm³/mol. The average Bonchev–Trinajstić information content (AvgIpc) is 0.918. The number of rotatable bonds is 0. The van der Waals surface area contributed by atoms with Gasteiger partial charge in [0.05, 0.1) is 0 Å². The molecule has 0 unspecified atom stereocenters. The van der Waals surface area contributed by atoms with Crippen LogP contribution in [0.25, 0.3) is 0 Å². The van der Waals surface area contributed by atoms with Crippen LogP contribution in [0.5, 0.6) is 0 Å². The van der Waals surface area contributed by atoms with Gasteiger partial charge in [0.2, 0.25) is 0 Å². The van der Waals surface area contributed by atoms with Crippen molar-refractivity contribution in [1.82, 2.24) is 0 Å². The quantitative estimate of drug-likeness (QED) is 0.575. The second kappa shape index (κ2) is 47.5. The summed E-state index contributed by atoms with van der Waals surface area (Å²) in [6.45, 7) is 1.32. The molecule has 0 aromatic rings. The summed E-state index contributed by atoms with van der Waals surface area (Å²) in [5.41, 5.74) is 0. The van der Waals surface area contributed by atoms with Crippen molar-refractivity contribution >= 4 is 6.29 Å². The van der Waals surface area contributed by atoms with Gasteiger partial charge in [-0.25, -0.2) is 0 Å². The molecule has 5 heteroatoms. The van der Waals surface area contributed by atoms with E-state index in [1.165, 1.54) is 13.2 Å². The molecule has 0 fully saturated rings. The normalized spacial score (nSPS) is 1.86. The van der Waals surface area contributed by atoms with Crippen LogP contribution in [-0.4, -0.2) is 6.29 Å². The van der Waals surface area contributed by atoms with Crippen LogP contribution >= 0.6 is 0 Å². The minimum atomic E-state index is 0. The first kappa shape index (κ1) is 37.7. The molecule has 0 heterocycles. The van der Waals surface area contributed by atoms with E-state index in [-0.39, 0.29) is 67.1 Å². The molecule has 0 amide bonds. The van der Waals surface area contributed by atoms with Crippen LogP contribution < -0.4 is 0 Å². The Kier molecular flexibility index (Phi) is 256. The molecule has 1 nitrogen and oxygen atoms in total. The molecule has 0 aromatic heterocycles. The maximum Gasteiger partial charge on any atom is 0 e. The molecule has 0 atom stereocenters. The number of hydrogen-bond donors (Lipinski definition) is 0. The van der Waals surface area contributed by atoms with Crippen LogP contribution in [0.4, 0.5) is 0 Å². The van der Waals surface area contributed by atoms with E-state index in [0.717, 1.165) is 0 Å². The third-order valence-corrected chi connectivity index (χ3v) is 0. The summed E-state index contributed by atoms with van der Waals surface area (Å²) < 4.78 is 0. The van der Waals surface area contributed by atoms with Gasteiger partial charge in [-0.2, -0.15) is 6.92 Å². The van der Waals surface area contributed by atoms with Gasteiger partial charge in [0.25, 0.3) is 0 Å². The summed E-state index contributed by atoms with van der Waals surface area (Å²) in [5.74, 6) is 0. The van der Waals surface area contributed by atoms with Crippen LogP contribution in [0.2, 0.25) is 0 Å².